The van der Waals surface area contributed by atoms with Crippen molar-refractivity contribution in [3.63, 3.8) is 0 Å². The van der Waals surface area contributed by atoms with Gasteiger partial charge in [0.2, 0.25) is 0 Å². The van der Waals surface area contributed by atoms with Gasteiger partial charge in [-0.15, -0.1) is 0 Å². The van der Waals surface area contributed by atoms with Gasteiger partial charge in [0, 0.05) is 0 Å². The molecule has 0 spiro atoms. The number of aryl methyl sites for hydroxylation is 1. The van der Waals surface area contributed by atoms with E-state index in [1.165, 1.54) is 32.5 Å². The fourth-order valence-electron chi connectivity index (χ4n) is 4.28. The van der Waals surface area contributed by atoms with Crippen LogP contribution in [0.1, 0.15) is 5.56 Å². The van der Waals surface area contributed by atoms with Gasteiger partial charge < -0.3 is 0 Å². The summed E-state index contributed by atoms with van der Waals surface area (Å²) in [6, 6.07) is 15.9. The molecule has 3 aromatic carbocycles. The molecule has 1 aliphatic rings. The predicted molar refractivity (Wildman–Crippen MR) is 98.2 cm³/mol. The Balaban J connectivity index is 2.25. The Hall–Kier alpha value is -1.87. The summed E-state index contributed by atoms with van der Waals surface area (Å²) in [5.41, 5.74) is 2.53. The fourth-order valence-corrected chi connectivity index (χ4v) is 10.9. The first-order chi connectivity index (χ1) is 10.6. The molecule has 2 heterocycles. The van der Waals surface area contributed by atoms with E-state index in [-0.39, 0.29) is 0 Å². The maximum atomic E-state index is 4.72. The molecule has 22 heavy (non-hydrogen) atoms. The SMILES string of the molecule is Cc1c[c]2c3c(c1)c1cccnc1c1ccc[c](c13)[Ge]2([CH3])[CH3]. The van der Waals surface area contributed by atoms with Gasteiger partial charge in [0.25, 0.3) is 0 Å². The van der Waals surface area contributed by atoms with Crippen molar-refractivity contribution in [1.82, 2.24) is 4.98 Å². The molecule has 0 atom stereocenters. The third-order valence-corrected chi connectivity index (χ3v) is 12.6. The van der Waals surface area contributed by atoms with Crippen LogP contribution in [0.25, 0.3) is 32.4 Å². The Morgan fingerprint density at radius 3 is 2.45 bits per heavy atom. The average molecular weight is 344 g/mol. The zero-order valence-electron chi connectivity index (χ0n) is 13.1. The summed E-state index contributed by atoms with van der Waals surface area (Å²) in [7, 11) is 0. The Bertz CT molecular complexity index is 1110. The molecule has 5 rings (SSSR count). The van der Waals surface area contributed by atoms with Crippen molar-refractivity contribution in [2.75, 3.05) is 0 Å². The Labute approximate surface area is 132 Å². The quantitative estimate of drug-likeness (QED) is 0.347. The van der Waals surface area contributed by atoms with Crippen molar-refractivity contribution >= 4 is 54.5 Å². The van der Waals surface area contributed by atoms with Crippen molar-refractivity contribution < 1.29 is 0 Å². The first-order valence-corrected chi connectivity index (χ1v) is 14.1. The molecule has 0 radical (unpaired) electrons. The molecular weight excluding hydrogens is 327 g/mol. The molecule has 0 unspecified atom stereocenters. The van der Waals surface area contributed by atoms with Crippen molar-refractivity contribution in [1.29, 1.82) is 0 Å². The van der Waals surface area contributed by atoms with Gasteiger partial charge in [0.05, 0.1) is 0 Å². The van der Waals surface area contributed by atoms with Crippen molar-refractivity contribution in [3.05, 3.63) is 54.2 Å². The standard InChI is InChI=1S/C20H17GeN/c1-12-10-15-13-7-5-9-22-20(13)14-6-4-8-16-18(14)19(15)17(11-12)21(16,2)3/h4-11H,1-3H3. The van der Waals surface area contributed by atoms with Crippen LogP contribution >= 0.6 is 0 Å². The zero-order chi connectivity index (χ0) is 15.1. The summed E-state index contributed by atoms with van der Waals surface area (Å²) in [6.45, 7) is 2.23. The van der Waals surface area contributed by atoms with Gasteiger partial charge in [-0.05, 0) is 0 Å². The molecule has 0 saturated heterocycles. The molecule has 1 aromatic heterocycles. The summed E-state index contributed by atoms with van der Waals surface area (Å²) in [5.74, 6) is 5.06. The maximum absolute atomic E-state index is 4.72. The van der Waals surface area contributed by atoms with Gasteiger partial charge in [0.1, 0.15) is 0 Å². The number of hydrogen-bond donors (Lipinski definition) is 0. The summed E-state index contributed by atoms with van der Waals surface area (Å²) in [5, 5.41) is 7.04. The first-order valence-electron chi connectivity index (χ1n) is 7.84. The molecule has 0 amide bonds. The number of nitrogens with zero attached hydrogens (tertiary/aromatic N) is 1. The third kappa shape index (κ3) is 1.34. The molecule has 0 saturated carbocycles. The summed E-state index contributed by atoms with van der Waals surface area (Å²) < 4.78 is 3.27. The molecule has 106 valence electrons. The summed E-state index contributed by atoms with van der Waals surface area (Å²) in [6.07, 6.45) is 1.92. The van der Waals surface area contributed by atoms with Crippen LogP contribution in [-0.4, -0.2) is 18.3 Å². The second kappa shape index (κ2) is 3.91. The fraction of sp³-hybridized carbons (Fsp3) is 0.150. The van der Waals surface area contributed by atoms with Crippen molar-refractivity contribution in [2.24, 2.45) is 0 Å². The van der Waals surface area contributed by atoms with Gasteiger partial charge in [-0.1, -0.05) is 0 Å². The van der Waals surface area contributed by atoms with E-state index in [1.54, 1.807) is 8.79 Å². The van der Waals surface area contributed by atoms with Crippen LogP contribution in [0.15, 0.2) is 48.7 Å². The number of aromatic nitrogens is 1. The molecular formula is C20H17GeN. The van der Waals surface area contributed by atoms with E-state index >= 15 is 0 Å². The Kier molecular flexibility index (Phi) is 2.25. The molecule has 4 aromatic rings. The van der Waals surface area contributed by atoms with Crippen LogP contribution in [0.4, 0.5) is 0 Å². The van der Waals surface area contributed by atoms with Gasteiger partial charge >= 0.3 is 132 Å². The van der Waals surface area contributed by atoms with Crippen LogP contribution in [0.3, 0.4) is 0 Å². The molecule has 0 fully saturated rings. The number of pyridine rings is 1. The molecule has 1 aliphatic heterocycles. The number of fused-ring (bicyclic) bond motifs is 3. The number of rotatable bonds is 0. The minimum atomic E-state index is -2.18. The topological polar surface area (TPSA) is 12.9 Å². The van der Waals surface area contributed by atoms with Crippen LogP contribution < -0.4 is 8.79 Å². The van der Waals surface area contributed by atoms with E-state index in [2.05, 4.69) is 60.9 Å². The van der Waals surface area contributed by atoms with E-state index in [0.29, 0.717) is 0 Å². The van der Waals surface area contributed by atoms with E-state index in [9.17, 15) is 0 Å². The normalized spacial score (nSPS) is 15.4. The molecule has 1 nitrogen and oxygen atoms in total. The van der Waals surface area contributed by atoms with Gasteiger partial charge in [-0.25, -0.2) is 0 Å². The van der Waals surface area contributed by atoms with Crippen LogP contribution in [0.2, 0.25) is 11.5 Å². The van der Waals surface area contributed by atoms with E-state index < -0.39 is 13.3 Å². The molecule has 0 aliphatic carbocycles. The van der Waals surface area contributed by atoms with Crippen molar-refractivity contribution in [2.45, 2.75) is 18.4 Å². The van der Waals surface area contributed by atoms with E-state index in [4.69, 9.17) is 4.98 Å². The Morgan fingerprint density at radius 1 is 0.818 bits per heavy atom. The minimum absolute atomic E-state index is 1.16. The molecule has 0 N–H and O–H groups in total. The molecule has 0 bridgehead atoms. The van der Waals surface area contributed by atoms with Gasteiger partial charge in [0.15, 0.2) is 0 Å². The second-order valence-corrected chi connectivity index (χ2v) is 16.1. The zero-order valence-corrected chi connectivity index (χ0v) is 15.2. The number of hydrogen-bond acceptors (Lipinski definition) is 1. The summed E-state index contributed by atoms with van der Waals surface area (Å²) in [4.78, 5) is 4.72. The Morgan fingerprint density at radius 2 is 1.59 bits per heavy atom. The van der Waals surface area contributed by atoms with E-state index in [0.717, 1.165) is 5.52 Å². The average Bonchev–Trinajstić information content (AvgIpc) is 2.75. The predicted octanol–water partition coefficient (Wildman–Crippen LogP) is 3.99. The first kappa shape index (κ1) is 12.7. The van der Waals surface area contributed by atoms with Crippen LogP contribution in [-0.2, 0) is 0 Å². The monoisotopic (exact) mass is 345 g/mol. The summed E-state index contributed by atoms with van der Waals surface area (Å²) >= 11 is -2.18. The van der Waals surface area contributed by atoms with E-state index in [1.807, 2.05) is 6.20 Å². The van der Waals surface area contributed by atoms with Gasteiger partial charge in [-0.3, -0.25) is 0 Å². The molecule has 2 heteroatoms. The number of benzene rings is 3. The van der Waals surface area contributed by atoms with Gasteiger partial charge in [-0.2, -0.15) is 0 Å². The van der Waals surface area contributed by atoms with Crippen LogP contribution in [0, 0.1) is 6.92 Å². The van der Waals surface area contributed by atoms with Crippen LogP contribution in [0.5, 0.6) is 0 Å². The third-order valence-electron chi connectivity index (χ3n) is 5.30. The second-order valence-electron chi connectivity index (χ2n) is 6.99. The van der Waals surface area contributed by atoms with Crippen molar-refractivity contribution in [3.8, 4) is 0 Å².